The number of nitrogens with zero attached hydrogens (tertiary/aromatic N) is 1. The number of Topliss-reactive ketones (excluding diaryl/α,β-unsaturated/α-hetero) is 1. The monoisotopic (exact) mass is 605 g/mol. The van der Waals surface area contributed by atoms with Crippen molar-refractivity contribution in [2.45, 2.75) is 43.3 Å². The Labute approximate surface area is 241 Å². The number of piperazine rings is 1. The lowest BCUT2D eigenvalue weighted by atomic mass is 9.82. The third-order valence-corrected chi connectivity index (χ3v) is 9.77. The second-order valence-electron chi connectivity index (χ2n) is 10.7. The number of benzene rings is 3. The average molecular weight is 606 g/mol. The van der Waals surface area contributed by atoms with Crippen molar-refractivity contribution >= 4 is 15.8 Å². The predicted octanol–water partition coefficient (Wildman–Crippen LogP) is 3.66. The van der Waals surface area contributed by atoms with Gasteiger partial charge in [-0.05, 0) is 54.3 Å². The van der Waals surface area contributed by atoms with Gasteiger partial charge in [-0.25, -0.2) is 26.0 Å². The third kappa shape index (κ3) is 6.67. The third-order valence-electron chi connectivity index (χ3n) is 7.80. The van der Waals surface area contributed by atoms with E-state index in [-0.39, 0.29) is 41.7 Å². The van der Waals surface area contributed by atoms with Gasteiger partial charge in [-0.3, -0.25) is 4.79 Å². The maximum absolute atomic E-state index is 15.0. The number of carbonyl (C=O) groups is 1. The topological polar surface area (TPSA) is 102 Å². The van der Waals surface area contributed by atoms with Gasteiger partial charge in [-0.1, -0.05) is 24.3 Å². The molecule has 5 rings (SSSR count). The number of hydrogen-bond donors (Lipinski definition) is 2. The van der Waals surface area contributed by atoms with Crippen molar-refractivity contribution in [2.24, 2.45) is 5.73 Å². The largest absolute Gasteiger partial charge is 0.488 e. The van der Waals surface area contributed by atoms with Crippen LogP contribution in [0, 0.1) is 23.3 Å². The number of nitrogens with one attached hydrogen (secondary N) is 1. The van der Waals surface area contributed by atoms with Gasteiger partial charge in [-0.15, -0.1) is 0 Å². The molecule has 2 heterocycles. The molecule has 2 saturated heterocycles. The van der Waals surface area contributed by atoms with Crippen LogP contribution in [0.2, 0.25) is 0 Å². The smallest absolute Gasteiger partial charge is 0.214 e. The van der Waals surface area contributed by atoms with E-state index in [0.29, 0.717) is 31.1 Å². The van der Waals surface area contributed by atoms with E-state index in [4.69, 9.17) is 10.5 Å². The second kappa shape index (κ2) is 12.5. The highest BCUT2D eigenvalue weighted by molar-refractivity contribution is 7.89. The molecule has 2 bridgehead atoms. The first-order valence-electron chi connectivity index (χ1n) is 13.6. The first-order valence-corrected chi connectivity index (χ1v) is 15.3. The quantitative estimate of drug-likeness (QED) is 0.361. The molecule has 3 unspecified atom stereocenters. The molecule has 0 saturated carbocycles. The lowest BCUT2D eigenvalue weighted by molar-refractivity contribution is -0.120. The number of para-hydroxylation sites is 1. The summed E-state index contributed by atoms with van der Waals surface area (Å²) in [7, 11) is -3.49. The Morgan fingerprint density at radius 1 is 1.00 bits per heavy atom. The maximum atomic E-state index is 15.0. The predicted molar refractivity (Wildman–Crippen MR) is 148 cm³/mol. The average Bonchev–Trinajstić information content (AvgIpc) is 3.05. The molecule has 0 spiro atoms. The number of fused-ring (bicyclic) bond motifs is 2. The Kier molecular flexibility index (Phi) is 8.97. The van der Waals surface area contributed by atoms with E-state index in [1.807, 2.05) is 0 Å². The van der Waals surface area contributed by atoms with Crippen LogP contribution in [0.15, 0.2) is 60.7 Å². The lowest BCUT2D eigenvalue weighted by Gasteiger charge is -2.37. The van der Waals surface area contributed by atoms with Crippen molar-refractivity contribution in [3.63, 3.8) is 0 Å². The molecular formula is C30H31F4N3O4S. The molecule has 3 aromatic rings. The van der Waals surface area contributed by atoms with Gasteiger partial charge in [0.2, 0.25) is 10.0 Å². The van der Waals surface area contributed by atoms with Crippen LogP contribution >= 0.6 is 0 Å². The first-order chi connectivity index (χ1) is 20.0. The van der Waals surface area contributed by atoms with Crippen molar-refractivity contribution < 1.29 is 35.5 Å². The van der Waals surface area contributed by atoms with E-state index < -0.39 is 57.1 Å². The molecule has 42 heavy (non-hydrogen) atoms. The first kappa shape index (κ1) is 30.1. The molecule has 2 aliphatic rings. The van der Waals surface area contributed by atoms with Gasteiger partial charge in [0.05, 0.1) is 17.8 Å². The number of rotatable bonds is 9. The number of nitrogens with two attached hydrogens (primary N) is 1. The fourth-order valence-corrected chi connectivity index (χ4v) is 7.46. The fraction of sp³-hybridized carbons (Fsp3) is 0.367. The van der Waals surface area contributed by atoms with Crippen LogP contribution < -0.4 is 15.8 Å². The van der Waals surface area contributed by atoms with E-state index in [1.165, 1.54) is 28.6 Å². The van der Waals surface area contributed by atoms with Crippen LogP contribution in [-0.4, -0.2) is 62.1 Å². The van der Waals surface area contributed by atoms with Crippen LogP contribution in [0.25, 0.3) is 0 Å². The normalized spacial score (nSPS) is 23.0. The molecule has 2 fully saturated rings. The standard InChI is InChI=1S/C30H31F4N3O4S/c31-21-8-6-18(7-9-21)28(20-11-22(32)14-23(33)12-20)29(35)27(38)13-19-3-1-5-26(34)30(19)41-17-25-15-36-24-4-2-10-42(39,40)37(25)16-24/h1,3,5-9,11-12,14,24-25,28-29,36H,2,4,10,13,15-17,35H2/t24?,25?,28-,29+/m0/s1. The number of carbonyl (C=O) groups excluding carboxylic acids is 1. The number of ketones is 1. The molecule has 0 amide bonds. The Balaban J connectivity index is 1.38. The van der Waals surface area contributed by atoms with Crippen LogP contribution in [0.3, 0.4) is 0 Å². The summed E-state index contributed by atoms with van der Waals surface area (Å²) >= 11 is 0. The summed E-state index contributed by atoms with van der Waals surface area (Å²) in [6, 6.07) is 10.1. The minimum Gasteiger partial charge on any atom is -0.488 e. The summed E-state index contributed by atoms with van der Waals surface area (Å²) in [5.41, 5.74) is 7.01. The molecule has 3 aromatic carbocycles. The Hall–Kier alpha value is -3.32. The number of halogens is 4. The van der Waals surface area contributed by atoms with E-state index in [2.05, 4.69) is 5.32 Å². The second-order valence-corrected chi connectivity index (χ2v) is 12.8. The molecule has 0 aromatic heterocycles. The van der Waals surface area contributed by atoms with Crippen LogP contribution in [-0.2, 0) is 21.2 Å². The van der Waals surface area contributed by atoms with E-state index in [9.17, 15) is 26.4 Å². The molecular weight excluding hydrogens is 574 g/mol. The van der Waals surface area contributed by atoms with Gasteiger partial charge in [0, 0.05) is 43.1 Å². The van der Waals surface area contributed by atoms with Gasteiger partial charge < -0.3 is 15.8 Å². The van der Waals surface area contributed by atoms with E-state index in [0.717, 1.165) is 36.8 Å². The Morgan fingerprint density at radius 2 is 1.71 bits per heavy atom. The molecule has 0 aliphatic carbocycles. The number of hydrogen-bond acceptors (Lipinski definition) is 6. The maximum Gasteiger partial charge on any atom is 0.214 e. The van der Waals surface area contributed by atoms with Crippen LogP contribution in [0.1, 0.15) is 35.4 Å². The van der Waals surface area contributed by atoms with Crippen molar-refractivity contribution in [3.05, 3.63) is 101 Å². The summed E-state index contributed by atoms with van der Waals surface area (Å²) < 4.78 is 89.7. The molecule has 2 aliphatic heterocycles. The molecule has 7 nitrogen and oxygen atoms in total. The van der Waals surface area contributed by atoms with Crippen molar-refractivity contribution in [1.29, 1.82) is 0 Å². The molecule has 3 N–H and O–H groups in total. The summed E-state index contributed by atoms with van der Waals surface area (Å²) in [6.45, 7) is 0.494. The highest BCUT2D eigenvalue weighted by Gasteiger charge is 2.38. The van der Waals surface area contributed by atoms with Gasteiger partial charge >= 0.3 is 0 Å². The SMILES string of the molecule is N[C@H](C(=O)Cc1cccc(F)c1OCC1CNC2CCCS(=O)(=O)N1C2)[C@@H](c1ccc(F)cc1)c1cc(F)cc(F)c1. The van der Waals surface area contributed by atoms with Crippen molar-refractivity contribution in [1.82, 2.24) is 9.62 Å². The molecule has 0 radical (unpaired) electrons. The zero-order chi connectivity index (χ0) is 30.0. The lowest BCUT2D eigenvalue weighted by Crippen LogP contribution is -2.58. The number of sulfonamides is 1. The van der Waals surface area contributed by atoms with Gasteiger partial charge in [0.15, 0.2) is 17.3 Å². The zero-order valence-corrected chi connectivity index (χ0v) is 23.4. The Morgan fingerprint density at radius 3 is 2.43 bits per heavy atom. The van der Waals surface area contributed by atoms with E-state index >= 15 is 4.39 Å². The van der Waals surface area contributed by atoms with Crippen LogP contribution in [0.4, 0.5) is 17.6 Å². The van der Waals surface area contributed by atoms with Gasteiger partial charge in [-0.2, -0.15) is 4.31 Å². The summed E-state index contributed by atoms with van der Waals surface area (Å²) in [5, 5.41) is 3.32. The molecule has 5 atom stereocenters. The van der Waals surface area contributed by atoms with Gasteiger partial charge in [0.1, 0.15) is 24.1 Å². The minimum atomic E-state index is -3.49. The van der Waals surface area contributed by atoms with E-state index in [1.54, 1.807) is 0 Å². The zero-order valence-electron chi connectivity index (χ0n) is 22.6. The van der Waals surface area contributed by atoms with Gasteiger partial charge in [0.25, 0.3) is 0 Å². The molecule has 12 heteroatoms. The van der Waals surface area contributed by atoms with Crippen molar-refractivity contribution in [2.75, 3.05) is 25.4 Å². The minimum absolute atomic E-state index is 0.0312. The Bertz CT molecular complexity index is 1530. The number of ether oxygens (including phenoxy) is 1. The van der Waals surface area contributed by atoms with Crippen molar-refractivity contribution in [3.8, 4) is 5.75 Å². The summed E-state index contributed by atoms with van der Waals surface area (Å²) in [5.74, 6) is -4.80. The molecule has 224 valence electrons. The highest BCUT2D eigenvalue weighted by atomic mass is 32.2. The highest BCUT2D eigenvalue weighted by Crippen LogP contribution is 2.32. The summed E-state index contributed by atoms with van der Waals surface area (Å²) in [6.07, 6.45) is 0.909. The summed E-state index contributed by atoms with van der Waals surface area (Å²) in [4.78, 5) is 13.5. The fourth-order valence-electron chi connectivity index (χ4n) is 5.70. The van der Waals surface area contributed by atoms with Crippen LogP contribution in [0.5, 0.6) is 5.75 Å².